The maximum atomic E-state index is 13.5. The van der Waals surface area contributed by atoms with E-state index in [0.717, 1.165) is 18.5 Å². The van der Waals surface area contributed by atoms with Crippen molar-refractivity contribution in [1.82, 2.24) is 4.90 Å². The molecule has 2 heterocycles. The number of carbonyl (C=O) groups excluding carboxylic acids is 3. The van der Waals surface area contributed by atoms with Gasteiger partial charge >= 0.3 is 0 Å². The monoisotopic (exact) mass is 433 g/mol. The van der Waals surface area contributed by atoms with Gasteiger partial charge in [-0.3, -0.25) is 19.3 Å². The van der Waals surface area contributed by atoms with Crippen LogP contribution in [-0.2, 0) is 25.5 Å². The van der Waals surface area contributed by atoms with Gasteiger partial charge in [0.15, 0.2) is 0 Å². The molecule has 32 heavy (non-hydrogen) atoms. The van der Waals surface area contributed by atoms with Gasteiger partial charge in [-0.05, 0) is 48.6 Å². The van der Waals surface area contributed by atoms with Crippen LogP contribution in [0.4, 0.5) is 11.4 Å². The molecule has 3 amide bonds. The number of rotatable bonds is 7. The predicted octanol–water partition coefficient (Wildman–Crippen LogP) is 3.21. The van der Waals surface area contributed by atoms with E-state index in [2.05, 4.69) is 11.4 Å². The van der Waals surface area contributed by atoms with Gasteiger partial charge in [0.2, 0.25) is 5.91 Å². The van der Waals surface area contributed by atoms with E-state index in [0.29, 0.717) is 48.6 Å². The van der Waals surface area contributed by atoms with E-state index < -0.39 is 0 Å². The molecule has 0 aromatic heterocycles. The van der Waals surface area contributed by atoms with Crippen LogP contribution in [0.2, 0.25) is 0 Å². The minimum Gasteiger partial charge on any atom is -0.385 e. The van der Waals surface area contributed by atoms with Gasteiger partial charge in [0.25, 0.3) is 11.8 Å². The fraction of sp³-hybridized carbons (Fsp3) is 0.320. The third-order valence-electron chi connectivity index (χ3n) is 5.75. The molecule has 2 aliphatic heterocycles. The highest BCUT2D eigenvalue weighted by molar-refractivity contribution is 6.36. The second kappa shape index (κ2) is 9.36. The summed E-state index contributed by atoms with van der Waals surface area (Å²) in [5.74, 6) is -0.737. The zero-order chi connectivity index (χ0) is 22.7. The quantitative estimate of drug-likeness (QED) is 0.536. The Morgan fingerprint density at radius 3 is 2.53 bits per heavy atom. The number of ether oxygens (including phenoxy) is 1. The van der Waals surface area contributed by atoms with Gasteiger partial charge in [0, 0.05) is 45.1 Å². The lowest BCUT2D eigenvalue weighted by atomic mass is 9.98. The number of benzene rings is 2. The highest BCUT2D eigenvalue weighted by Gasteiger charge is 2.42. The van der Waals surface area contributed by atoms with E-state index in [1.807, 2.05) is 23.1 Å². The van der Waals surface area contributed by atoms with E-state index >= 15 is 0 Å². The summed E-state index contributed by atoms with van der Waals surface area (Å²) in [6.07, 6.45) is 2.42. The molecule has 0 bridgehead atoms. The van der Waals surface area contributed by atoms with Crippen LogP contribution in [-0.4, -0.2) is 49.4 Å². The second-order valence-corrected chi connectivity index (χ2v) is 7.97. The third kappa shape index (κ3) is 4.16. The molecular weight excluding hydrogens is 406 g/mol. The third-order valence-corrected chi connectivity index (χ3v) is 5.75. The van der Waals surface area contributed by atoms with Crippen LogP contribution < -0.4 is 10.2 Å². The Morgan fingerprint density at radius 1 is 1.06 bits per heavy atom. The number of imide groups is 1. The predicted molar refractivity (Wildman–Crippen MR) is 123 cm³/mol. The Morgan fingerprint density at radius 2 is 1.81 bits per heavy atom. The van der Waals surface area contributed by atoms with Crippen molar-refractivity contribution in [3.8, 4) is 0 Å². The van der Waals surface area contributed by atoms with Gasteiger partial charge in [-0.1, -0.05) is 30.3 Å². The van der Waals surface area contributed by atoms with Gasteiger partial charge < -0.3 is 15.0 Å². The SMILES string of the molecule is COCCCN1C(=O)C(c2ccc(NC(C)=O)cc2)=C(N2CCCc3ccccc32)C1=O. The zero-order valence-corrected chi connectivity index (χ0v) is 18.4. The van der Waals surface area contributed by atoms with Crippen molar-refractivity contribution in [2.24, 2.45) is 0 Å². The van der Waals surface area contributed by atoms with E-state index in [9.17, 15) is 14.4 Å². The van der Waals surface area contributed by atoms with Gasteiger partial charge in [0.05, 0.1) is 5.57 Å². The van der Waals surface area contributed by atoms with Crippen LogP contribution in [0, 0.1) is 0 Å². The summed E-state index contributed by atoms with van der Waals surface area (Å²) in [4.78, 5) is 41.6. The number of aryl methyl sites for hydroxylation is 1. The molecule has 2 aromatic carbocycles. The normalized spacial score (nSPS) is 15.9. The topological polar surface area (TPSA) is 79.0 Å². The van der Waals surface area contributed by atoms with Gasteiger partial charge in [-0.15, -0.1) is 0 Å². The number of amides is 3. The van der Waals surface area contributed by atoms with E-state index in [4.69, 9.17) is 4.74 Å². The largest absolute Gasteiger partial charge is 0.385 e. The van der Waals surface area contributed by atoms with Gasteiger partial charge in [-0.25, -0.2) is 0 Å². The Kier molecular flexibility index (Phi) is 6.37. The minimum atomic E-state index is -0.295. The average molecular weight is 434 g/mol. The maximum absolute atomic E-state index is 13.5. The zero-order valence-electron chi connectivity index (χ0n) is 18.4. The van der Waals surface area contributed by atoms with Crippen molar-refractivity contribution >= 4 is 34.7 Å². The summed E-state index contributed by atoms with van der Waals surface area (Å²) in [6.45, 7) is 2.89. The Bertz CT molecular complexity index is 1070. The number of anilines is 2. The molecule has 0 radical (unpaired) electrons. The first-order valence-electron chi connectivity index (χ1n) is 10.8. The number of hydrogen-bond donors (Lipinski definition) is 1. The molecule has 4 rings (SSSR count). The first-order valence-corrected chi connectivity index (χ1v) is 10.8. The molecule has 7 nitrogen and oxygen atoms in total. The van der Waals surface area contributed by atoms with Crippen LogP contribution in [0.3, 0.4) is 0 Å². The molecule has 0 unspecified atom stereocenters. The summed E-state index contributed by atoms with van der Waals surface area (Å²) in [5, 5.41) is 2.73. The summed E-state index contributed by atoms with van der Waals surface area (Å²) >= 11 is 0. The number of methoxy groups -OCH3 is 1. The number of carbonyl (C=O) groups is 3. The van der Waals surface area contributed by atoms with Crippen molar-refractivity contribution in [2.45, 2.75) is 26.2 Å². The maximum Gasteiger partial charge on any atom is 0.278 e. The van der Waals surface area contributed by atoms with Crippen molar-refractivity contribution in [3.05, 3.63) is 65.4 Å². The Hall–Kier alpha value is -3.45. The lowest BCUT2D eigenvalue weighted by Crippen LogP contribution is -2.37. The van der Waals surface area contributed by atoms with Crippen molar-refractivity contribution in [1.29, 1.82) is 0 Å². The minimum absolute atomic E-state index is 0.168. The molecule has 0 fully saturated rings. The average Bonchev–Trinajstić information content (AvgIpc) is 3.03. The summed E-state index contributed by atoms with van der Waals surface area (Å²) < 4.78 is 5.11. The number of para-hydroxylation sites is 1. The van der Waals surface area contributed by atoms with E-state index in [1.165, 1.54) is 17.4 Å². The molecule has 2 aliphatic rings. The molecular formula is C25H27N3O4. The Balaban J connectivity index is 1.77. The highest BCUT2D eigenvalue weighted by atomic mass is 16.5. The second-order valence-electron chi connectivity index (χ2n) is 7.97. The number of fused-ring (bicyclic) bond motifs is 1. The molecule has 2 aromatic rings. The van der Waals surface area contributed by atoms with Crippen LogP contribution in [0.25, 0.3) is 5.57 Å². The standard InChI is InChI=1S/C25H27N3O4/c1-17(29)26-20-12-10-19(11-13-20)22-23(25(31)28(24(22)30)15-6-16-32-2)27-14-5-8-18-7-3-4-9-21(18)27/h3-4,7,9-13H,5-6,8,14-16H2,1-2H3,(H,26,29). The summed E-state index contributed by atoms with van der Waals surface area (Å²) in [7, 11) is 1.60. The first-order chi connectivity index (χ1) is 15.5. The first kappa shape index (κ1) is 21.8. The molecule has 166 valence electrons. The van der Waals surface area contributed by atoms with E-state index in [-0.39, 0.29) is 17.7 Å². The fourth-order valence-electron chi connectivity index (χ4n) is 4.33. The Labute approximate surface area is 187 Å². The lowest BCUT2D eigenvalue weighted by Gasteiger charge is -2.32. The molecule has 1 N–H and O–H groups in total. The number of hydrogen-bond acceptors (Lipinski definition) is 5. The molecule has 0 saturated heterocycles. The van der Waals surface area contributed by atoms with Crippen molar-refractivity contribution < 1.29 is 19.1 Å². The van der Waals surface area contributed by atoms with Crippen LogP contribution in [0.5, 0.6) is 0 Å². The molecule has 0 atom stereocenters. The van der Waals surface area contributed by atoms with E-state index in [1.54, 1.807) is 31.4 Å². The molecule has 0 saturated carbocycles. The van der Waals surface area contributed by atoms with Crippen LogP contribution >= 0.6 is 0 Å². The molecule has 7 heteroatoms. The fourth-order valence-corrected chi connectivity index (χ4v) is 4.33. The number of nitrogens with zero attached hydrogens (tertiary/aromatic N) is 2. The van der Waals surface area contributed by atoms with Gasteiger partial charge in [-0.2, -0.15) is 0 Å². The lowest BCUT2D eigenvalue weighted by molar-refractivity contribution is -0.137. The van der Waals surface area contributed by atoms with Crippen LogP contribution in [0.15, 0.2) is 54.2 Å². The molecule has 0 spiro atoms. The van der Waals surface area contributed by atoms with Gasteiger partial charge in [0.1, 0.15) is 5.70 Å². The smallest absolute Gasteiger partial charge is 0.278 e. The van der Waals surface area contributed by atoms with Crippen molar-refractivity contribution in [2.75, 3.05) is 37.0 Å². The summed E-state index contributed by atoms with van der Waals surface area (Å²) in [6, 6.07) is 15.1. The summed E-state index contributed by atoms with van der Waals surface area (Å²) in [5.41, 5.74) is 4.27. The molecule has 0 aliphatic carbocycles. The van der Waals surface area contributed by atoms with Crippen LogP contribution in [0.1, 0.15) is 30.9 Å². The van der Waals surface area contributed by atoms with Crippen molar-refractivity contribution in [3.63, 3.8) is 0 Å². The number of nitrogens with one attached hydrogen (secondary N) is 1. The highest BCUT2D eigenvalue weighted by Crippen LogP contribution is 2.38.